The van der Waals surface area contributed by atoms with E-state index in [9.17, 15) is 0 Å². The van der Waals surface area contributed by atoms with Crippen molar-refractivity contribution in [1.82, 2.24) is 24.5 Å². The molecule has 5 nitrogen and oxygen atoms in total. The Kier molecular flexibility index (Phi) is 6.85. The lowest BCUT2D eigenvalue weighted by Crippen LogP contribution is -2.10. The van der Waals surface area contributed by atoms with Crippen LogP contribution >= 0.6 is 0 Å². The number of hydrogen-bond donors (Lipinski definition) is 0. The van der Waals surface area contributed by atoms with Gasteiger partial charge in [0.25, 0.3) is 0 Å². The summed E-state index contributed by atoms with van der Waals surface area (Å²) in [6, 6.07) is 36.0. The fourth-order valence-electron chi connectivity index (χ4n) is 5.93. The molecule has 7 aromatic rings. The summed E-state index contributed by atoms with van der Waals surface area (Å²) in [6.45, 7) is 13.6. The van der Waals surface area contributed by atoms with Gasteiger partial charge in [-0.2, -0.15) is 0 Å². The van der Waals surface area contributed by atoms with Gasteiger partial charge in [-0.1, -0.05) is 77.9 Å². The first-order valence-electron chi connectivity index (χ1n) is 15.5. The van der Waals surface area contributed by atoms with Crippen LogP contribution < -0.4 is 0 Å². The molecule has 7 rings (SSSR count). The van der Waals surface area contributed by atoms with Crippen LogP contribution in [0.4, 0.5) is 0 Å². The van der Waals surface area contributed by atoms with E-state index in [-0.39, 0.29) is 10.8 Å². The Balaban J connectivity index is 1.52. The monoisotopic (exact) mass is 587 g/mol. The van der Waals surface area contributed by atoms with Crippen LogP contribution in [-0.2, 0) is 10.8 Å². The fourth-order valence-corrected chi connectivity index (χ4v) is 5.93. The van der Waals surface area contributed by atoms with Crippen molar-refractivity contribution in [3.8, 4) is 39.9 Å². The molecule has 0 aliphatic heterocycles. The number of aromatic nitrogens is 5. The molecule has 0 spiro atoms. The van der Waals surface area contributed by atoms with Crippen molar-refractivity contribution in [1.29, 1.82) is 0 Å². The van der Waals surface area contributed by atoms with E-state index in [1.807, 2.05) is 42.5 Å². The van der Waals surface area contributed by atoms with E-state index < -0.39 is 0 Å². The summed E-state index contributed by atoms with van der Waals surface area (Å²) < 4.78 is 2.37. The van der Waals surface area contributed by atoms with Crippen LogP contribution in [0.1, 0.15) is 52.7 Å². The van der Waals surface area contributed by atoms with Crippen LogP contribution in [-0.4, -0.2) is 24.5 Å². The van der Waals surface area contributed by atoms with Crippen molar-refractivity contribution in [2.24, 2.45) is 0 Å². The normalized spacial score (nSPS) is 12.2. The molecule has 0 atom stereocenters. The van der Waals surface area contributed by atoms with Crippen LogP contribution in [0.3, 0.4) is 0 Å². The molecule has 45 heavy (non-hydrogen) atoms. The molecule has 0 saturated heterocycles. The van der Waals surface area contributed by atoms with Gasteiger partial charge in [-0.3, -0.25) is 9.97 Å². The molecule has 0 saturated carbocycles. The topological polar surface area (TPSA) is 56.5 Å². The average Bonchev–Trinajstić information content (AvgIpc) is 3.37. The standard InChI is InChI=1S/C40H37N5/c1-39(2,3)26-17-19-36-29(23-26)30-24-27(40(4,5)6)18-20-37(30)45(36)35-16-8-7-13-28(35)38-43-33(31-14-9-11-21-41-31)25-34(44-38)32-15-10-12-22-42-32/h7-25H,1-6H3. The maximum atomic E-state index is 5.11. The molecule has 222 valence electrons. The maximum absolute atomic E-state index is 5.11. The summed E-state index contributed by atoms with van der Waals surface area (Å²) in [7, 11) is 0. The van der Waals surface area contributed by atoms with Gasteiger partial charge in [-0.25, -0.2) is 9.97 Å². The first-order chi connectivity index (χ1) is 21.6. The fraction of sp³-hybridized carbons (Fsp3) is 0.200. The third kappa shape index (κ3) is 5.29. The predicted octanol–water partition coefficient (Wildman–Crippen LogP) is 9.96. The highest BCUT2D eigenvalue weighted by molar-refractivity contribution is 6.10. The quantitative estimate of drug-likeness (QED) is 0.206. The third-order valence-electron chi connectivity index (χ3n) is 8.46. The zero-order chi connectivity index (χ0) is 31.3. The molecular weight excluding hydrogens is 550 g/mol. The Labute approximate surface area is 264 Å². The van der Waals surface area contributed by atoms with Crippen LogP contribution in [0.2, 0.25) is 0 Å². The number of pyridine rings is 2. The van der Waals surface area contributed by atoms with Crippen molar-refractivity contribution in [2.75, 3.05) is 0 Å². The highest BCUT2D eigenvalue weighted by Gasteiger charge is 2.23. The third-order valence-corrected chi connectivity index (χ3v) is 8.46. The SMILES string of the molecule is CC(C)(C)c1ccc2c(c1)c1cc(C(C)(C)C)ccc1n2-c1ccccc1-c1nc(-c2ccccn2)cc(-c2ccccn2)n1. The number of para-hydroxylation sites is 1. The minimum atomic E-state index is 0.0315. The summed E-state index contributed by atoms with van der Waals surface area (Å²) in [4.78, 5) is 19.4. The van der Waals surface area contributed by atoms with E-state index >= 15 is 0 Å². The van der Waals surface area contributed by atoms with Crippen LogP contribution in [0.5, 0.6) is 0 Å². The Morgan fingerprint density at radius 2 is 0.978 bits per heavy atom. The van der Waals surface area contributed by atoms with E-state index in [1.165, 1.54) is 21.9 Å². The van der Waals surface area contributed by atoms with Gasteiger partial charge < -0.3 is 4.57 Å². The molecular formula is C40H37N5. The molecule has 3 aromatic carbocycles. The predicted molar refractivity (Wildman–Crippen MR) is 186 cm³/mol. The van der Waals surface area contributed by atoms with Gasteiger partial charge in [0, 0.05) is 28.7 Å². The molecule has 0 aliphatic carbocycles. The Bertz CT molecular complexity index is 2040. The van der Waals surface area contributed by atoms with Crippen molar-refractivity contribution in [3.05, 3.63) is 127 Å². The number of rotatable bonds is 4. The molecule has 0 amide bonds. The number of hydrogen-bond acceptors (Lipinski definition) is 4. The summed E-state index contributed by atoms with van der Waals surface area (Å²) in [5.41, 5.74) is 10.0. The molecule has 0 bridgehead atoms. The van der Waals surface area contributed by atoms with Crippen LogP contribution in [0.15, 0.2) is 116 Å². The van der Waals surface area contributed by atoms with E-state index in [1.54, 1.807) is 12.4 Å². The number of benzene rings is 3. The van der Waals surface area contributed by atoms with Gasteiger partial charge >= 0.3 is 0 Å². The zero-order valence-corrected chi connectivity index (χ0v) is 26.7. The van der Waals surface area contributed by atoms with Crippen LogP contribution in [0, 0.1) is 0 Å². The Morgan fingerprint density at radius 3 is 1.44 bits per heavy atom. The van der Waals surface area contributed by atoms with Gasteiger partial charge in [0.1, 0.15) is 0 Å². The highest BCUT2D eigenvalue weighted by atomic mass is 15.0. The van der Waals surface area contributed by atoms with Gasteiger partial charge in [0.05, 0.1) is 39.5 Å². The number of nitrogens with zero attached hydrogens (tertiary/aromatic N) is 5. The lowest BCUT2D eigenvalue weighted by atomic mass is 9.85. The van der Waals surface area contributed by atoms with E-state index in [0.29, 0.717) is 5.82 Å². The van der Waals surface area contributed by atoms with Crippen molar-refractivity contribution in [2.45, 2.75) is 52.4 Å². The second-order valence-corrected chi connectivity index (χ2v) is 13.7. The molecule has 0 N–H and O–H groups in total. The van der Waals surface area contributed by atoms with Gasteiger partial charge in [0.15, 0.2) is 5.82 Å². The minimum Gasteiger partial charge on any atom is -0.309 e. The maximum Gasteiger partial charge on any atom is 0.162 e. The van der Waals surface area contributed by atoms with E-state index in [0.717, 1.165) is 45.1 Å². The molecule has 0 radical (unpaired) electrons. The summed E-state index contributed by atoms with van der Waals surface area (Å²) in [6.07, 6.45) is 3.59. The van der Waals surface area contributed by atoms with Crippen molar-refractivity contribution < 1.29 is 0 Å². The number of fused-ring (bicyclic) bond motifs is 3. The average molecular weight is 588 g/mol. The molecule has 5 heteroatoms. The molecule has 0 aliphatic rings. The lowest BCUT2D eigenvalue weighted by molar-refractivity contribution is 0.590. The first kappa shape index (κ1) is 28.6. The summed E-state index contributed by atoms with van der Waals surface area (Å²) in [5, 5.41) is 2.49. The summed E-state index contributed by atoms with van der Waals surface area (Å²) >= 11 is 0. The molecule has 0 unspecified atom stereocenters. The second kappa shape index (κ2) is 10.8. The van der Waals surface area contributed by atoms with Gasteiger partial charge in [0.2, 0.25) is 0 Å². The second-order valence-electron chi connectivity index (χ2n) is 13.7. The Hall–Kier alpha value is -5.16. The zero-order valence-electron chi connectivity index (χ0n) is 26.7. The molecule has 0 fully saturated rings. The minimum absolute atomic E-state index is 0.0315. The Morgan fingerprint density at radius 1 is 0.489 bits per heavy atom. The highest BCUT2D eigenvalue weighted by Crippen LogP contribution is 2.39. The van der Waals surface area contributed by atoms with Gasteiger partial charge in [-0.15, -0.1) is 0 Å². The first-order valence-corrected chi connectivity index (χ1v) is 15.5. The smallest absolute Gasteiger partial charge is 0.162 e. The largest absolute Gasteiger partial charge is 0.309 e. The van der Waals surface area contributed by atoms with Crippen LogP contribution in [0.25, 0.3) is 61.7 Å². The summed E-state index contributed by atoms with van der Waals surface area (Å²) in [5.74, 6) is 0.627. The molecule has 4 heterocycles. The van der Waals surface area contributed by atoms with E-state index in [2.05, 4.69) is 117 Å². The molecule has 4 aromatic heterocycles. The van der Waals surface area contributed by atoms with E-state index in [4.69, 9.17) is 9.97 Å². The van der Waals surface area contributed by atoms with Crippen molar-refractivity contribution in [3.63, 3.8) is 0 Å². The van der Waals surface area contributed by atoms with Crippen molar-refractivity contribution >= 4 is 21.8 Å². The lowest BCUT2D eigenvalue weighted by Gasteiger charge is -2.19. The van der Waals surface area contributed by atoms with Gasteiger partial charge in [-0.05, 0) is 88.7 Å².